The molecule has 0 aliphatic rings. The topological polar surface area (TPSA) is 90.4 Å². The first-order chi connectivity index (χ1) is 9.06. The molecule has 9 heteroatoms. The highest BCUT2D eigenvalue weighted by Gasteiger charge is 2.19. The van der Waals surface area contributed by atoms with Gasteiger partial charge < -0.3 is 9.47 Å². The highest BCUT2D eigenvalue weighted by atomic mass is 32.2. The lowest BCUT2D eigenvalue weighted by molar-refractivity contribution is 0.353. The van der Waals surface area contributed by atoms with E-state index in [-0.39, 0.29) is 21.8 Å². The number of rotatable bonds is 5. The van der Waals surface area contributed by atoms with E-state index in [0.29, 0.717) is 0 Å². The Labute approximate surface area is 114 Å². The number of aromatic nitrogens is 2. The number of methoxy groups -OCH3 is 2. The zero-order valence-corrected chi connectivity index (χ0v) is 11.8. The molecule has 7 nitrogen and oxygen atoms in total. The van der Waals surface area contributed by atoms with E-state index in [1.807, 2.05) is 0 Å². The van der Waals surface area contributed by atoms with E-state index in [0.717, 1.165) is 11.3 Å². The van der Waals surface area contributed by atoms with Gasteiger partial charge in [-0.25, -0.2) is 13.4 Å². The van der Waals surface area contributed by atoms with Crippen molar-refractivity contribution in [1.82, 2.24) is 9.97 Å². The third-order valence-electron chi connectivity index (χ3n) is 2.11. The molecule has 2 aromatic rings. The molecule has 0 unspecified atom stereocenters. The Morgan fingerprint density at radius 3 is 2.68 bits per heavy atom. The number of sulfonamides is 1. The van der Waals surface area contributed by atoms with Crippen LogP contribution in [-0.2, 0) is 10.0 Å². The Morgan fingerprint density at radius 1 is 1.32 bits per heavy atom. The van der Waals surface area contributed by atoms with Crippen molar-refractivity contribution in [3.05, 3.63) is 23.7 Å². The quantitative estimate of drug-likeness (QED) is 0.896. The summed E-state index contributed by atoms with van der Waals surface area (Å²) >= 11 is 1.11. The molecule has 1 N–H and O–H groups in total. The van der Waals surface area contributed by atoms with Gasteiger partial charge >= 0.3 is 6.01 Å². The van der Waals surface area contributed by atoms with E-state index >= 15 is 0 Å². The fourth-order valence-electron chi connectivity index (χ4n) is 1.29. The SMILES string of the molecule is COc1ncc(NS(=O)(=O)c2cccs2)c(OC)n1. The average Bonchev–Trinajstić information content (AvgIpc) is 2.93. The highest BCUT2D eigenvalue weighted by Crippen LogP contribution is 2.26. The molecule has 0 fully saturated rings. The summed E-state index contributed by atoms with van der Waals surface area (Å²) in [5, 5.41) is 1.68. The number of thiophene rings is 1. The van der Waals surface area contributed by atoms with E-state index in [4.69, 9.17) is 9.47 Å². The zero-order valence-electron chi connectivity index (χ0n) is 10.2. The molecule has 0 radical (unpaired) electrons. The number of hydrogen-bond acceptors (Lipinski definition) is 7. The monoisotopic (exact) mass is 301 g/mol. The second kappa shape index (κ2) is 5.41. The first-order valence-corrected chi connectivity index (χ1v) is 7.44. The number of hydrogen-bond donors (Lipinski definition) is 1. The molecule has 0 spiro atoms. The van der Waals surface area contributed by atoms with Crippen molar-refractivity contribution in [3.8, 4) is 11.9 Å². The summed E-state index contributed by atoms with van der Waals surface area (Å²) in [5.74, 6) is 0.0898. The Bertz CT molecular complexity index is 655. The lowest BCUT2D eigenvalue weighted by atomic mass is 10.5. The van der Waals surface area contributed by atoms with Crippen LogP contribution in [0.1, 0.15) is 0 Å². The minimum Gasteiger partial charge on any atom is -0.479 e. The molecule has 0 saturated heterocycles. The molecule has 102 valence electrons. The van der Waals surface area contributed by atoms with Crippen LogP contribution in [0.4, 0.5) is 5.69 Å². The molecule has 19 heavy (non-hydrogen) atoms. The van der Waals surface area contributed by atoms with Crippen molar-refractivity contribution >= 4 is 27.0 Å². The average molecular weight is 301 g/mol. The molecule has 0 atom stereocenters. The normalized spacial score (nSPS) is 11.1. The van der Waals surface area contributed by atoms with Gasteiger partial charge in [-0.1, -0.05) is 6.07 Å². The van der Waals surface area contributed by atoms with Gasteiger partial charge in [0, 0.05) is 0 Å². The minimum absolute atomic E-state index is 0.0898. The summed E-state index contributed by atoms with van der Waals surface area (Å²) in [7, 11) is -0.868. The predicted molar refractivity (Wildman–Crippen MR) is 70.3 cm³/mol. The van der Waals surface area contributed by atoms with Gasteiger partial charge in [0.1, 0.15) is 9.90 Å². The smallest absolute Gasteiger partial charge is 0.319 e. The Hall–Kier alpha value is -1.87. The van der Waals surface area contributed by atoms with Crippen molar-refractivity contribution < 1.29 is 17.9 Å². The summed E-state index contributed by atoms with van der Waals surface area (Å²) in [6.45, 7) is 0. The predicted octanol–water partition coefficient (Wildman–Crippen LogP) is 1.36. The molecule has 0 saturated carbocycles. The van der Waals surface area contributed by atoms with Gasteiger partial charge in [-0.15, -0.1) is 11.3 Å². The van der Waals surface area contributed by atoms with E-state index in [2.05, 4.69) is 14.7 Å². The molecule has 0 aliphatic heterocycles. The van der Waals surface area contributed by atoms with Crippen molar-refractivity contribution in [3.63, 3.8) is 0 Å². The van der Waals surface area contributed by atoms with Gasteiger partial charge in [0.2, 0.25) is 5.88 Å². The van der Waals surface area contributed by atoms with Gasteiger partial charge in [0.05, 0.1) is 20.4 Å². The van der Waals surface area contributed by atoms with Crippen molar-refractivity contribution in [2.75, 3.05) is 18.9 Å². The summed E-state index contributed by atoms with van der Waals surface area (Å²) in [6.07, 6.45) is 1.29. The van der Waals surface area contributed by atoms with Gasteiger partial charge in [0.25, 0.3) is 10.0 Å². The van der Waals surface area contributed by atoms with Crippen LogP contribution < -0.4 is 14.2 Å². The molecule has 0 bridgehead atoms. The largest absolute Gasteiger partial charge is 0.479 e. The van der Waals surface area contributed by atoms with Crippen LogP contribution in [-0.4, -0.2) is 32.6 Å². The standard InChI is InChI=1S/C10H11N3O4S2/c1-16-9-7(6-11-10(12-9)17-2)13-19(14,15)8-4-3-5-18-8/h3-6,13H,1-2H3. The van der Waals surface area contributed by atoms with Crippen LogP contribution in [0.15, 0.2) is 27.9 Å². The van der Waals surface area contributed by atoms with Crippen LogP contribution >= 0.6 is 11.3 Å². The summed E-state index contributed by atoms with van der Waals surface area (Å²) in [5.41, 5.74) is 0.150. The number of ether oxygens (including phenoxy) is 2. The Balaban J connectivity index is 2.34. The number of nitrogens with one attached hydrogen (secondary N) is 1. The Morgan fingerprint density at radius 2 is 2.11 bits per heavy atom. The first kappa shape index (κ1) is 13.6. The summed E-state index contributed by atoms with van der Waals surface area (Å²) < 4.78 is 36.5. The highest BCUT2D eigenvalue weighted by molar-refractivity contribution is 7.94. The molecule has 0 aliphatic carbocycles. The molecule has 0 amide bonds. The maximum Gasteiger partial charge on any atom is 0.319 e. The lowest BCUT2D eigenvalue weighted by Crippen LogP contribution is -2.13. The third kappa shape index (κ3) is 2.93. The molecule has 0 aromatic carbocycles. The zero-order chi connectivity index (χ0) is 13.9. The van der Waals surface area contributed by atoms with Gasteiger partial charge in [-0.05, 0) is 11.4 Å². The van der Waals surface area contributed by atoms with Crippen LogP contribution in [0, 0.1) is 0 Å². The number of nitrogens with zero attached hydrogens (tertiary/aromatic N) is 2. The Kier molecular flexibility index (Phi) is 3.86. The third-order valence-corrected chi connectivity index (χ3v) is 4.87. The second-order valence-electron chi connectivity index (χ2n) is 3.32. The second-order valence-corrected chi connectivity index (χ2v) is 6.17. The summed E-state index contributed by atoms with van der Waals surface area (Å²) in [6, 6.07) is 3.25. The fraction of sp³-hybridized carbons (Fsp3) is 0.200. The molecule has 2 heterocycles. The van der Waals surface area contributed by atoms with Crippen LogP contribution in [0.2, 0.25) is 0 Å². The van der Waals surface area contributed by atoms with E-state index in [1.165, 1.54) is 26.5 Å². The van der Waals surface area contributed by atoms with E-state index in [9.17, 15) is 8.42 Å². The molecular formula is C10H11N3O4S2. The molecule has 2 aromatic heterocycles. The molecule has 2 rings (SSSR count). The summed E-state index contributed by atoms with van der Waals surface area (Å²) in [4.78, 5) is 7.73. The van der Waals surface area contributed by atoms with Gasteiger partial charge in [-0.2, -0.15) is 4.98 Å². The van der Waals surface area contributed by atoms with Crippen LogP contribution in [0.3, 0.4) is 0 Å². The van der Waals surface area contributed by atoms with Crippen molar-refractivity contribution in [2.45, 2.75) is 4.21 Å². The van der Waals surface area contributed by atoms with Crippen LogP contribution in [0.5, 0.6) is 11.9 Å². The maximum absolute atomic E-state index is 12.0. The lowest BCUT2D eigenvalue weighted by Gasteiger charge is -2.10. The number of anilines is 1. The van der Waals surface area contributed by atoms with Crippen LogP contribution in [0.25, 0.3) is 0 Å². The van der Waals surface area contributed by atoms with Gasteiger partial charge in [-0.3, -0.25) is 4.72 Å². The van der Waals surface area contributed by atoms with Crippen molar-refractivity contribution in [2.24, 2.45) is 0 Å². The van der Waals surface area contributed by atoms with E-state index in [1.54, 1.807) is 11.4 Å². The maximum atomic E-state index is 12.0. The van der Waals surface area contributed by atoms with E-state index < -0.39 is 10.0 Å². The van der Waals surface area contributed by atoms with Crippen molar-refractivity contribution in [1.29, 1.82) is 0 Å². The fourth-order valence-corrected chi connectivity index (χ4v) is 3.32. The first-order valence-electron chi connectivity index (χ1n) is 5.08. The minimum atomic E-state index is -3.65. The molecular weight excluding hydrogens is 290 g/mol. The van der Waals surface area contributed by atoms with Gasteiger partial charge in [0.15, 0.2) is 0 Å².